The number of H-pyrrole nitrogens is 2. The molecule has 194 valence electrons. The minimum atomic E-state index is -0.462. The van der Waals surface area contributed by atoms with Crippen molar-refractivity contribution in [3.63, 3.8) is 0 Å². The van der Waals surface area contributed by atoms with E-state index in [1.54, 1.807) is 42.7 Å². The normalized spacial score (nSPS) is 11.4. The first kappa shape index (κ1) is 24.4. The topological polar surface area (TPSA) is 112 Å². The van der Waals surface area contributed by atoms with Gasteiger partial charge in [0.2, 0.25) is 5.91 Å². The lowest BCUT2D eigenvalue weighted by molar-refractivity contribution is -0.116. The number of fused-ring (bicyclic) bond motifs is 2. The van der Waals surface area contributed by atoms with Crippen molar-refractivity contribution < 1.29 is 13.6 Å². The Morgan fingerprint density at radius 1 is 1.00 bits per heavy atom. The van der Waals surface area contributed by atoms with E-state index < -0.39 is 5.82 Å². The van der Waals surface area contributed by atoms with Crippen LogP contribution in [0.2, 0.25) is 0 Å². The van der Waals surface area contributed by atoms with Crippen LogP contribution in [0.25, 0.3) is 55.8 Å². The van der Waals surface area contributed by atoms with Crippen molar-refractivity contribution in [2.75, 3.05) is 5.32 Å². The van der Waals surface area contributed by atoms with Crippen LogP contribution in [0, 0.1) is 11.6 Å². The lowest BCUT2D eigenvalue weighted by Crippen LogP contribution is -2.11. The van der Waals surface area contributed by atoms with Crippen LogP contribution in [0.1, 0.15) is 26.2 Å². The number of carbonyl (C=O) groups is 1. The number of nitrogens with zero attached hydrogens (tertiary/aromatic N) is 4. The number of amides is 1. The second-order valence-electron chi connectivity index (χ2n) is 9.22. The molecule has 0 aliphatic heterocycles. The molecule has 0 saturated carbocycles. The van der Waals surface area contributed by atoms with Gasteiger partial charge in [0.1, 0.15) is 22.8 Å². The van der Waals surface area contributed by atoms with Gasteiger partial charge >= 0.3 is 0 Å². The Kier molecular flexibility index (Phi) is 6.28. The van der Waals surface area contributed by atoms with Gasteiger partial charge in [0.25, 0.3) is 0 Å². The molecule has 0 bridgehead atoms. The third kappa shape index (κ3) is 4.72. The summed E-state index contributed by atoms with van der Waals surface area (Å²) in [5, 5.41) is 10.7. The summed E-state index contributed by atoms with van der Waals surface area (Å²) in [6, 6.07) is 12.7. The fourth-order valence-corrected chi connectivity index (χ4v) is 4.55. The van der Waals surface area contributed by atoms with Crippen LogP contribution in [-0.4, -0.2) is 36.0 Å². The molecular formula is C29H23F2N7O. The molecule has 8 nitrogen and oxygen atoms in total. The third-order valence-electron chi connectivity index (χ3n) is 6.46. The average molecular weight is 524 g/mol. The number of aromatic nitrogens is 6. The Labute approximate surface area is 221 Å². The summed E-state index contributed by atoms with van der Waals surface area (Å²) in [4.78, 5) is 28.8. The molecule has 0 radical (unpaired) electrons. The van der Waals surface area contributed by atoms with Crippen molar-refractivity contribution in [1.29, 1.82) is 0 Å². The highest BCUT2D eigenvalue weighted by molar-refractivity contribution is 5.98. The summed E-state index contributed by atoms with van der Waals surface area (Å²) < 4.78 is 29.1. The molecule has 6 aromatic rings. The molecule has 4 heterocycles. The fraction of sp³-hybridized carbons (Fsp3) is 0.138. The molecule has 0 aliphatic rings. The molecule has 0 aliphatic carbocycles. The number of imidazole rings is 1. The van der Waals surface area contributed by atoms with E-state index in [1.165, 1.54) is 24.4 Å². The Morgan fingerprint density at radius 3 is 2.74 bits per heavy atom. The molecule has 0 atom stereocenters. The number of nitrogens with one attached hydrogen (secondary N) is 3. The first-order chi connectivity index (χ1) is 19.0. The van der Waals surface area contributed by atoms with Crippen LogP contribution in [0.4, 0.5) is 14.5 Å². The van der Waals surface area contributed by atoms with Crippen LogP contribution in [0.15, 0.2) is 67.1 Å². The Bertz CT molecular complexity index is 1840. The summed E-state index contributed by atoms with van der Waals surface area (Å²) in [5.41, 5.74) is 4.69. The van der Waals surface area contributed by atoms with Crippen molar-refractivity contribution in [3.05, 3.63) is 78.8 Å². The summed E-state index contributed by atoms with van der Waals surface area (Å²) in [6.45, 7) is 2.02. The number of benzene rings is 2. The summed E-state index contributed by atoms with van der Waals surface area (Å²) in [7, 11) is 0. The standard InChI is InChI=1S/C29H23F2N7O/c1-2-3-7-25(39)34-19-11-17(14-32-15-19)20-12-21-24(13-22(20)31)37-38-27(21)29-35-23-8-9-33-26(28(23)36-29)16-5-4-6-18(30)10-16/h4-6,8-15H,2-3,7H2,1H3,(H,34,39)(H,35,36)(H,37,38). The summed E-state index contributed by atoms with van der Waals surface area (Å²) in [5.74, 6) is -0.486. The second-order valence-corrected chi connectivity index (χ2v) is 9.22. The van der Waals surface area contributed by atoms with Crippen LogP contribution >= 0.6 is 0 Å². The van der Waals surface area contributed by atoms with E-state index in [9.17, 15) is 9.18 Å². The highest BCUT2D eigenvalue weighted by Crippen LogP contribution is 2.34. The molecule has 0 unspecified atom stereocenters. The maximum Gasteiger partial charge on any atom is 0.224 e. The molecule has 39 heavy (non-hydrogen) atoms. The van der Waals surface area contributed by atoms with E-state index in [0.717, 1.165) is 12.8 Å². The van der Waals surface area contributed by atoms with Crippen molar-refractivity contribution in [2.45, 2.75) is 26.2 Å². The number of unbranched alkanes of at least 4 members (excludes halogenated alkanes) is 1. The number of hydrogen-bond acceptors (Lipinski definition) is 5. The monoisotopic (exact) mass is 523 g/mol. The fourth-order valence-electron chi connectivity index (χ4n) is 4.55. The van der Waals surface area contributed by atoms with E-state index >= 15 is 4.39 Å². The highest BCUT2D eigenvalue weighted by atomic mass is 19.1. The van der Waals surface area contributed by atoms with E-state index in [1.807, 2.05) is 6.92 Å². The zero-order valence-electron chi connectivity index (χ0n) is 20.9. The Hall–Kier alpha value is -4.99. The highest BCUT2D eigenvalue weighted by Gasteiger charge is 2.18. The Balaban J connectivity index is 1.40. The van der Waals surface area contributed by atoms with Crippen molar-refractivity contribution in [2.24, 2.45) is 0 Å². The SMILES string of the molecule is CCCCC(=O)Nc1cncc(-c2cc3c(-c4nc5c(-c6cccc(F)c6)nccc5[nH]4)n[nH]c3cc2F)c1. The number of pyridine rings is 2. The average Bonchev–Trinajstić information content (AvgIpc) is 3.55. The van der Waals surface area contributed by atoms with Gasteiger partial charge in [-0.1, -0.05) is 25.5 Å². The number of halogens is 2. The van der Waals surface area contributed by atoms with E-state index in [0.29, 0.717) is 67.9 Å². The van der Waals surface area contributed by atoms with Gasteiger partial charge < -0.3 is 10.3 Å². The molecule has 2 aromatic carbocycles. The maximum atomic E-state index is 15.2. The van der Waals surface area contributed by atoms with Crippen molar-refractivity contribution >= 4 is 33.5 Å². The van der Waals surface area contributed by atoms with E-state index in [-0.39, 0.29) is 11.7 Å². The first-order valence-corrected chi connectivity index (χ1v) is 12.5. The minimum absolute atomic E-state index is 0.110. The maximum absolute atomic E-state index is 15.2. The zero-order valence-corrected chi connectivity index (χ0v) is 20.9. The largest absolute Gasteiger partial charge is 0.336 e. The number of anilines is 1. The van der Waals surface area contributed by atoms with Gasteiger partial charge in [0.15, 0.2) is 5.82 Å². The smallest absolute Gasteiger partial charge is 0.224 e. The number of aromatic amines is 2. The second kappa shape index (κ2) is 10.1. The van der Waals surface area contributed by atoms with Gasteiger partial charge in [-0.05, 0) is 36.8 Å². The van der Waals surface area contributed by atoms with Gasteiger partial charge in [-0.15, -0.1) is 0 Å². The van der Waals surface area contributed by atoms with Crippen LogP contribution in [-0.2, 0) is 4.79 Å². The van der Waals surface area contributed by atoms with Crippen LogP contribution in [0.3, 0.4) is 0 Å². The predicted molar refractivity (Wildman–Crippen MR) is 146 cm³/mol. The van der Waals surface area contributed by atoms with Gasteiger partial charge in [-0.2, -0.15) is 5.10 Å². The molecule has 1 amide bonds. The predicted octanol–water partition coefficient (Wildman–Crippen LogP) is 6.64. The Morgan fingerprint density at radius 2 is 1.90 bits per heavy atom. The van der Waals surface area contributed by atoms with E-state index in [4.69, 9.17) is 4.98 Å². The van der Waals surface area contributed by atoms with E-state index in [2.05, 4.69) is 30.5 Å². The van der Waals surface area contributed by atoms with Crippen molar-refractivity contribution in [1.82, 2.24) is 30.1 Å². The molecule has 4 aromatic heterocycles. The number of rotatable bonds is 7. The van der Waals surface area contributed by atoms with Gasteiger partial charge in [0.05, 0.1) is 28.6 Å². The zero-order chi connectivity index (χ0) is 26.9. The van der Waals surface area contributed by atoms with Gasteiger partial charge in [-0.3, -0.25) is 19.9 Å². The minimum Gasteiger partial charge on any atom is -0.336 e. The molecule has 0 saturated heterocycles. The first-order valence-electron chi connectivity index (χ1n) is 12.5. The quantitative estimate of drug-likeness (QED) is 0.217. The van der Waals surface area contributed by atoms with Crippen LogP contribution in [0.5, 0.6) is 0 Å². The molecule has 0 spiro atoms. The lowest BCUT2D eigenvalue weighted by Gasteiger charge is -2.08. The molecular weight excluding hydrogens is 500 g/mol. The van der Waals surface area contributed by atoms with Gasteiger partial charge in [-0.25, -0.2) is 13.8 Å². The molecule has 0 fully saturated rings. The third-order valence-corrected chi connectivity index (χ3v) is 6.46. The number of carbonyl (C=O) groups excluding carboxylic acids is 1. The molecule has 10 heteroatoms. The van der Waals surface area contributed by atoms with Crippen LogP contribution < -0.4 is 5.32 Å². The number of hydrogen-bond donors (Lipinski definition) is 3. The summed E-state index contributed by atoms with van der Waals surface area (Å²) in [6.07, 6.45) is 6.82. The molecule has 3 N–H and O–H groups in total. The lowest BCUT2D eigenvalue weighted by atomic mass is 10.0. The molecule has 6 rings (SSSR count). The van der Waals surface area contributed by atoms with Gasteiger partial charge in [0, 0.05) is 47.0 Å². The van der Waals surface area contributed by atoms with Crippen molar-refractivity contribution in [3.8, 4) is 33.9 Å². The summed E-state index contributed by atoms with van der Waals surface area (Å²) >= 11 is 0.